The molecule has 94 valence electrons. The van der Waals surface area contributed by atoms with Gasteiger partial charge in [0.15, 0.2) is 5.22 Å². The molecule has 0 bridgehead atoms. The van der Waals surface area contributed by atoms with Gasteiger partial charge in [0.05, 0.1) is 12.6 Å². The highest BCUT2D eigenvalue weighted by atomic mass is 35.5. The molecular weight excluding hydrogens is 250 g/mol. The number of para-hydroxylation sites is 1. The number of rotatable bonds is 2. The molecule has 1 aliphatic rings. The van der Waals surface area contributed by atoms with E-state index in [9.17, 15) is 0 Å². The smallest absolute Gasteiger partial charge is 0.193 e. The van der Waals surface area contributed by atoms with Gasteiger partial charge in [0.25, 0.3) is 0 Å². The number of benzene rings is 1. The SMILES string of the molecule is NC(c1ccc(Cl)o1)c1cccc2c1OCCC2. The van der Waals surface area contributed by atoms with E-state index in [4.69, 9.17) is 26.5 Å². The lowest BCUT2D eigenvalue weighted by Crippen LogP contribution is -2.16. The molecule has 0 amide bonds. The molecule has 1 aromatic heterocycles. The molecule has 4 heteroatoms. The summed E-state index contributed by atoms with van der Waals surface area (Å²) in [5, 5.41) is 0.353. The van der Waals surface area contributed by atoms with Gasteiger partial charge >= 0.3 is 0 Å². The predicted octanol–water partition coefficient (Wildman–Crippen LogP) is 3.31. The summed E-state index contributed by atoms with van der Waals surface area (Å²) >= 11 is 5.78. The van der Waals surface area contributed by atoms with Gasteiger partial charge < -0.3 is 14.9 Å². The minimum absolute atomic E-state index is 0.342. The average Bonchev–Trinajstić information content (AvgIpc) is 2.84. The van der Waals surface area contributed by atoms with E-state index in [2.05, 4.69) is 6.07 Å². The van der Waals surface area contributed by atoms with E-state index in [0.29, 0.717) is 11.0 Å². The van der Waals surface area contributed by atoms with Gasteiger partial charge in [-0.05, 0) is 42.1 Å². The van der Waals surface area contributed by atoms with E-state index in [1.165, 1.54) is 5.56 Å². The maximum atomic E-state index is 6.22. The number of halogens is 1. The monoisotopic (exact) mass is 263 g/mol. The van der Waals surface area contributed by atoms with E-state index >= 15 is 0 Å². The third-order valence-corrected chi connectivity index (χ3v) is 3.40. The molecule has 0 saturated heterocycles. The van der Waals surface area contributed by atoms with E-state index in [-0.39, 0.29) is 6.04 Å². The van der Waals surface area contributed by atoms with E-state index < -0.39 is 0 Å². The lowest BCUT2D eigenvalue weighted by atomic mass is 9.97. The zero-order valence-electron chi connectivity index (χ0n) is 9.86. The standard InChI is InChI=1S/C14H14ClNO2/c15-12-7-6-11(18-12)13(16)10-5-1-3-9-4-2-8-17-14(9)10/h1,3,5-7,13H,2,4,8,16H2. The largest absolute Gasteiger partial charge is 0.493 e. The zero-order chi connectivity index (χ0) is 12.5. The fourth-order valence-electron chi connectivity index (χ4n) is 2.31. The third kappa shape index (κ3) is 2.00. The van der Waals surface area contributed by atoms with Crippen LogP contribution in [0.3, 0.4) is 0 Å². The van der Waals surface area contributed by atoms with E-state index in [0.717, 1.165) is 30.8 Å². The lowest BCUT2D eigenvalue weighted by Gasteiger charge is -2.22. The first-order valence-corrected chi connectivity index (χ1v) is 6.39. The van der Waals surface area contributed by atoms with Crippen molar-refractivity contribution in [2.75, 3.05) is 6.61 Å². The Labute approximate surface area is 110 Å². The number of hydrogen-bond donors (Lipinski definition) is 1. The predicted molar refractivity (Wildman–Crippen MR) is 70.0 cm³/mol. The van der Waals surface area contributed by atoms with Crippen molar-refractivity contribution in [2.45, 2.75) is 18.9 Å². The van der Waals surface area contributed by atoms with Crippen molar-refractivity contribution in [3.05, 3.63) is 52.4 Å². The molecule has 0 fully saturated rings. The molecule has 2 aromatic rings. The summed E-state index contributed by atoms with van der Waals surface area (Å²) in [6.07, 6.45) is 2.09. The van der Waals surface area contributed by atoms with Gasteiger partial charge in [0, 0.05) is 5.56 Å². The Kier molecular flexibility index (Phi) is 3.02. The molecule has 0 spiro atoms. The van der Waals surface area contributed by atoms with Gasteiger partial charge in [-0.2, -0.15) is 0 Å². The second-order valence-electron chi connectivity index (χ2n) is 4.41. The number of aryl methyl sites for hydroxylation is 1. The lowest BCUT2D eigenvalue weighted by molar-refractivity contribution is 0.283. The Hall–Kier alpha value is -1.45. The summed E-state index contributed by atoms with van der Waals surface area (Å²) in [7, 11) is 0. The fourth-order valence-corrected chi connectivity index (χ4v) is 2.46. The van der Waals surface area contributed by atoms with Gasteiger partial charge in [-0.15, -0.1) is 0 Å². The van der Waals surface area contributed by atoms with Crippen LogP contribution in [0.1, 0.15) is 29.3 Å². The van der Waals surface area contributed by atoms with Crippen molar-refractivity contribution >= 4 is 11.6 Å². The maximum Gasteiger partial charge on any atom is 0.193 e. The number of ether oxygens (including phenoxy) is 1. The molecule has 0 radical (unpaired) electrons. The first kappa shape index (κ1) is 11.6. The first-order chi connectivity index (χ1) is 8.75. The van der Waals surface area contributed by atoms with Crippen LogP contribution in [-0.2, 0) is 6.42 Å². The molecule has 0 saturated carbocycles. The van der Waals surface area contributed by atoms with Crippen LogP contribution in [0.4, 0.5) is 0 Å². The highest BCUT2D eigenvalue weighted by Gasteiger charge is 2.21. The summed E-state index contributed by atoms with van der Waals surface area (Å²) < 4.78 is 11.1. The Morgan fingerprint density at radius 3 is 2.89 bits per heavy atom. The Bertz CT molecular complexity index is 565. The highest BCUT2D eigenvalue weighted by Crippen LogP contribution is 2.35. The normalized spacial score (nSPS) is 15.9. The molecule has 3 rings (SSSR count). The molecule has 1 unspecified atom stereocenters. The quantitative estimate of drug-likeness (QED) is 0.904. The molecule has 2 N–H and O–H groups in total. The van der Waals surface area contributed by atoms with Crippen molar-refractivity contribution < 1.29 is 9.15 Å². The Morgan fingerprint density at radius 1 is 1.22 bits per heavy atom. The van der Waals surface area contributed by atoms with Crippen LogP contribution < -0.4 is 10.5 Å². The summed E-state index contributed by atoms with van der Waals surface area (Å²) in [4.78, 5) is 0. The molecule has 1 aromatic carbocycles. The van der Waals surface area contributed by atoms with Crippen LogP contribution in [0.25, 0.3) is 0 Å². The van der Waals surface area contributed by atoms with E-state index in [1.807, 2.05) is 12.1 Å². The molecule has 1 atom stereocenters. The molecule has 2 heterocycles. The maximum absolute atomic E-state index is 6.22. The molecular formula is C14H14ClNO2. The highest BCUT2D eigenvalue weighted by molar-refractivity contribution is 6.28. The molecule has 18 heavy (non-hydrogen) atoms. The number of fused-ring (bicyclic) bond motifs is 1. The number of hydrogen-bond acceptors (Lipinski definition) is 3. The van der Waals surface area contributed by atoms with Crippen molar-refractivity contribution in [3.8, 4) is 5.75 Å². The zero-order valence-corrected chi connectivity index (χ0v) is 10.6. The van der Waals surface area contributed by atoms with Gasteiger partial charge in [-0.3, -0.25) is 0 Å². The minimum Gasteiger partial charge on any atom is -0.493 e. The van der Waals surface area contributed by atoms with Crippen LogP contribution >= 0.6 is 11.6 Å². The van der Waals surface area contributed by atoms with Crippen LogP contribution in [0.5, 0.6) is 5.75 Å². The summed E-state index contributed by atoms with van der Waals surface area (Å²) in [6, 6.07) is 9.23. The Balaban J connectivity index is 2.01. The third-order valence-electron chi connectivity index (χ3n) is 3.20. The van der Waals surface area contributed by atoms with Gasteiger partial charge in [0.1, 0.15) is 11.5 Å². The van der Waals surface area contributed by atoms with Gasteiger partial charge in [-0.1, -0.05) is 18.2 Å². The van der Waals surface area contributed by atoms with Crippen molar-refractivity contribution in [1.82, 2.24) is 0 Å². The van der Waals surface area contributed by atoms with E-state index in [1.54, 1.807) is 12.1 Å². The molecule has 0 aliphatic carbocycles. The first-order valence-electron chi connectivity index (χ1n) is 6.01. The minimum atomic E-state index is -0.342. The second-order valence-corrected chi connectivity index (χ2v) is 4.78. The fraction of sp³-hybridized carbons (Fsp3) is 0.286. The van der Waals surface area contributed by atoms with Crippen LogP contribution in [0, 0.1) is 0 Å². The molecule has 3 nitrogen and oxygen atoms in total. The average molecular weight is 264 g/mol. The van der Waals surface area contributed by atoms with Crippen LogP contribution in [0.15, 0.2) is 34.7 Å². The summed E-state index contributed by atoms with van der Waals surface area (Å²) in [5.74, 6) is 1.56. The van der Waals surface area contributed by atoms with Gasteiger partial charge in [-0.25, -0.2) is 0 Å². The van der Waals surface area contributed by atoms with Crippen LogP contribution in [-0.4, -0.2) is 6.61 Å². The molecule has 1 aliphatic heterocycles. The Morgan fingerprint density at radius 2 is 2.11 bits per heavy atom. The van der Waals surface area contributed by atoms with Crippen molar-refractivity contribution in [1.29, 1.82) is 0 Å². The summed E-state index contributed by atoms with van der Waals surface area (Å²) in [6.45, 7) is 0.746. The van der Waals surface area contributed by atoms with Gasteiger partial charge in [0.2, 0.25) is 0 Å². The van der Waals surface area contributed by atoms with Crippen LogP contribution in [0.2, 0.25) is 5.22 Å². The second kappa shape index (κ2) is 4.67. The summed E-state index contributed by atoms with van der Waals surface area (Å²) in [5.41, 5.74) is 8.39. The number of furan rings is 1. The van der Waals surface area contributed by atoms with Crippen molar-refractivity contribution in [3.63, 3.8) is 0 Å². The van der Waals surface area contributed by atoms with Crippen molar-refractivity contribution in [2.24, 2.45) is 5.73 Å². The number of nitrogens with two attached hydrogens (primary N) is 1. The topological polar surface area (TPSA) is 48.4 Å².